The van der Waals surface area contributed by atoms with Crippen molar-refractivity contribution in [1.82, 2.24) is 14.9 Å². The lowest BCUT2D eigenvalue weighted by molar-refractivity contribution is -0.138. The molecule has 11 heteroatoms. The molecule has 0 saturated heterocycles. The highest BCUT2D eigenvalue weighted by Gasteiger charge is 2.32. The van der Waals surface area contributed by atoms with Crippen LogP contribution in [0.2, 0.25) is 0 Å². The van der Waals surface area contributed by atoms with Gasteiger partial charge in [0.2, 0.25) is 0 Å². The molecule has 3 aromatic rings. The fourth-order valence-corrected chi connectivity index (χ4v) is 3.68. The first-order valence-corrected chi connectivity index (χ1v) is 9.79. The molecule has 0 bridgehead atoms. The van der Waals surface area contributed by atoms with Gasteiger partial charge in [0.25, 0.3) is 5.56 Å². The van der Waals surface area contributed by atoms with Crippen LogP contribution >= 0.6 is 0 Å². The van der Waals surface area contributed by atoms with Crippen LogP contribution in [0.3, 0.4) is 0 Å². The summed E-state index contributed by atoms with van der Waals surface area (Å²) in [6.07, 6.45) is -8.82. The van der Waals surface area contributed by atoms with Crippen LogP contribution in [0, 0.1) is 5.82 Å². The lowest BCUT2D eigenvalue weighted by atomic mass is 10.0. The Balaban J connectivity index is 1.56. The lowest BCUT2D eigenvalue weighted by Gasteiger charge is -2.28. The average molecular weight is 471 g/mol. The summed E-state index contributed by atoms with van der Waals surface area (Å²) in [5, 5.41) is 0. The Kier molecular flexibility index (Phi) is 5.77. The number of alkyl halides is 6. The van der Waals surface area contributed by atoms with Gasteiger partial charge < -0.3 is 4.98 Å². The van der Waals surface area contributed by atoms with E-state index in [1.54, 1.807) is 4.90 Å². The molecule has 0 atom stereocenters. The number of hydrogen-bond acceptors (Lipinski definition) is 3. The van der Waals surface area contributed by atoms with E-state index in [4.69, 9.17) is 0 Å². The van der Waals surface area contributed by atoms with E-state index in [-0.39, 0.29) is 36.5 Å². The largest absolute Gasteiger partial charge is 0.416 e. The molecule has 0 spiro atoms. The first kappa shape index (κ1) is 23.0. The quantitative estimate of drug-likeness (QED) is 0.537. The smallest absolute Gasteiger partial charge is 0.306 e. The molecule has 4 nitrogen and oxygen atoms in total. The van der Waals surface area contributed by atoms with Gasteiger partial charge in [-0.1, -0.05) is 12.1 Å². The van der Waals surface area contributed by atoms with E-state index in [2.05, 4.69) is 9.97 Å². The minimum absolute atomic E-state index is 0.0423. The fraction of sp³-hybridized carbons (Fsp3) is 0.273. The minimum Gasteiger partial charge on any atom is -0.306 e. The van der Waals surface area contributed by atoms with Gasteiger partial charge in [-0.3, -0.25) is 9.69 Å². The third-order valence-corrected chi connectivity index (χ3v) is 5.40. The number of aromatic amines is 1. The van der Waals surface area contributed by atoms with Crippen LogP contribution < -0.4 is 5.56 Å². The van der Waals surface area contributed by atoms with Gasteiger partial charge in [0.1, 0.15) is 11.6 Å². The van der Waals surface area contributed by atoms with Crippen LogP contribution in [0.15, 0.2) is 47.3 Å². The van der Waals surface area contributed by atoms with Crippen molar-refractivity contribution < 1.29 is 30.7 Å². The second-order valence-corrected chi connectivity index (χ2v) is 7.68. The van der Waals surface area contributed by atoms with Crippen LogP contribution in [0.1, 0.15) is 27.9 Å². The van der Waals surface area contributed by atoms with E-state index < -0.39 is 34.9 Å². The zero-order valence-electron chi connectivity index (χ0n) is 16.8. The minimum atomic E-state index is -4.60. The molecular formula is C22H16F7N3O. The van der Waals surface area contributed by atoms with E-state index in [0.29, 0.717) is 23.9 Å². The highest BCUT2D eigenvalue weighted by atomic mass is 19.4. The number of rotatable bonds is 3. The van der Waals surface area contributed by atoms with E-state index in [1.165, 1.54) is 12.1 Å². The Morgan fingerprint density at radius 3 is 2.21 bits per heavy atom. The van der Waals surface area contributed by atoms with Gasteiger partial charge in [0.05, 0.1) is 22.4 Å². The summed E-state index contributed by atoms with van der Waals surface area (Å²) >= 11 is 0. The summed E-state index contributed by atoms with van der Waals surface area (Å²) in [6, 6.07) is 6.38. The summed E-state index contributed by atoms with van der Waals surface area (Å²) in [5.74, 6) is -0.664. The molecule has 1 aliphatic rings. The number of nitrogens with one attached hydrogen (secondary N) is 1. The van der Waals surface area contributed by atoms with Crippen molar-refractivity contribution in [3.05, 3.63) is 86.6 Å². The summed E-state index contributed by atoms with van der Waals surface area (Å²) < 4.78 is 91.2. The van der Waals surface area contributed by atoms with Crippen molar-refractivity contribution in [1.29, 1.82) is 0 Å². The van der Waals surface area contributed by atoms with Crippen molar-refractivity contribution in [3.8, 4) is 11.4 Å². The molecule has 0 amide bonds. The molecule has 1 aromatic heterocycles. The number of nitrogens with zero attached hydrogens (tertiary/aromatic N) is 2. The number of aromatic nitrogens is 2. The molecule has 33 heavy (non-hydrogen) atoms. The van der Waals surface area contributed by atoms with Crippen LogP contribution in [-0.2, 0) is 31.9 Å². The van der Waals surface area contributed by atoms with Gasteiger partial charge in [-0.25, -0.2) is 9.37 Å². The van der Waals surface area contributed by atoms with E-state index in [0.717, 1.165) is 24.3 Å². The van der Waals surface area contributed by atoms with Gasteiger partial charge >= 0.3 is 12.4 Å². The Hall–Kier alpha value is -3.21. The Bertz CT molecular complexity index is 1230. The first-order valence-electron chi connectivity index (χ1n) is 9.79. The van der Waals surface area contributed by atoms with E-state index in [1.807, 2.05) is 0 Å². The molecule has 0 unspecified atom stereocenters. The summed E-state index contributed by atoms with van der Waals surface area (Å²) in [7, 11) is 0. The lowest BCUT2D eigenvalue weighted by Crippen LogP contribution is -2.35. The molecule has 1 aliphatic heterocycles. The van der Waals surface area contributed by atoms with Gasteiger partial charge in [-0.05, 0) is 30.3 Å². The third kappa shape index (κ3) is 4.92. The second-order valence-electron chi connectivity index (χ2n) is 7.68. The summed E-state index contributed by atoms with van der Waals surface area (Å²) in [6.45, 7) is 0.224. The van der Waals surface area contributed by atoms with Crippen LogP contribution in [0.5, 0.6) is 0 Å². The highest BCUT2D eigenvalue weighted by molar-refractivity contribution is 5.56. The molecule has 2 aromatic carbocycles. The zero-order valence-corrected chi connectivity index (χ0v) is 16.8. The Morgan fingerprint density at radius 1 is 0.939 bits per heavy atom. The number of benzene rings is 2. The van der Waals surface area contributed by atoms with Crippen LogP contribution in [0.25, 0.3) is 11.4 Å². The third-order valence-electron chi connectivity index (χ3n) is 5.40. The van der Waals surface area contributed by atoms with Gasteiger partial charge in [0, 0.05) is 37.2 Å². The van der Waals surface area contributed by atoms with Crippen molar-refractivity contribution in [2.45, 2.75) is 31.9 Å². The van der Waals surface area contributed by atoms with Gasteiger partial charge in [-0.15, -0.1) is 0 Å². The first-order chi connectivity index (χ1) is 15.4. The number of hydrogen-bond donors (Lipinski definition) is 1. The SMILES string of the molecule is O=c1[nH]c(-c2ccc(C(F)(F)F)cc2)nc2c1CN(Cc1cc(C(F)(F)F)ccc1F)CC2. The van der Waals surface area contributed by atoms with Crippen molar-refractivity contribution in [2.75, 3.05) is 6.54 Å². The molecule has 0 aliphatic carbocycles. The van der Waals surface area contributed by atoms with Crippen LogP contribution in [0.4, 0.5) is 30.7 Å². The Morgan fingerprint density at radius 2 is 1.58 bits per heavy atom. The topological polar surface area (TPSA) is 49.0 Å². The molecule has 0 radical (unpaired) electrons. The summed E-state index contributed by atoms with van der Waals surface area (Å²) in [5.41, 5.74) is -1.42. The Labute approximate surface area is 182 Å². The summed E-state index contributed by atoms with van der Waals surface area (Å²) in [4.78, 5) is 21.1. The average Bonchev–Trinajstić information content (AvgIpc) is 2.74. The van der Waals surface area contributed by atoms with Gasteiger partial charge in [0.15, 0.2) is 0 Å². The molecule has 2 heterocycles. The molecule has 0 fully saturated rings. The zero-order chi connectivity index (χ0) is 24.0. The maximum absolute atomic E-state index is 14.1. The molecule has 4 rings (SSSR count). The van der Waals surface area contributed by atoms with Crippen molar-refractivity contribution >= 4 is 0 Å². The number of halogens is 7. The van der Waals surface area contributed by atoms with Crippen LogP contribution in [-0.4, -0.2) is 21.4 Å². The standard InChI is InChI=1S/C22H16F7N3O/c23-17-6-5-15(22(27,28)29)9-13(17)10-32-8-7-18-16(11-32)20(33)31-19(30-18)12-1-3-14(4-2-12)21(24,25)26/h1-6,9H,7-8,10-11H2,(H,30,31,33). The maximum atomic E-state index is 14.1. The number of H-pyrrole nitrogens is 1. The van der Waals surface area contributed by atoms with Crippen molar-refractivity contribution in [3.63, 3.8) is 0 Å². The second kappa shape index (κ2) is 8.29. The van der Waals surface area contributed by atoms with Gasteiger partial charge in [-0.2, -0.15) is 26.3 Å². The van der Waals surface area contributed by atoms with Crippen molar-refractivity contribution in [2.24, 2.45) is 0 Å². The predicted octanol–water partition coefficient (Wildman–Crippen LogP) is 5.17. The number of fused-ring (bicyclic) bond motifs is 1. The fourth-order valence-electron chi connectivity index (χ4n) is 3.68. The monoisotopic (exact) mass is 471 g/mol. The maximum Gasteiger partial charge on any atom is 0.416 e. The molecule has 1 N–H and O–H groups in total. The predicted molar refractivity (Wildman–Crippen MR) is 105 cm³/mol. The van der Waals surface area contributed by atoms with E-state index in [9.17, 15) is 35.5 Å². The van der Waals surface area contributed by atoms with E-state index >= 15 is 0 Å². The molecular weight excluding hydrogens is 455 g/mol. The normalized spacial score (nSPS) is 14.9. The highest BCUT2D eigenvalue weighted by Crippen LogP contribution is 2.32. The molecule has 174 valence electrons. The molecule has 0 saturated carbocycles.